The summed E-state index contributed by atoms with van der Waals surface area (Å²) in [6.07, 6.45) is 6.44. The molecule has 2 fully saturated rings. The topological polar surface area (TPSA) is 95.6 Å². The molecule has 1 aromatic rings. The molecule has 22 heavy (non-hydrogen) atoms. The number of hydrogen-bond donors (Lipinski definition) is 2. The molecule has 120 valence electrons. The third-order valence-corrected chi connectivity index (χ3v) is 4.64. The molecular formula is C15H23N5O2. The lowest BCUT2D eigenvalue weighted by Gasteiger charge is -2.33. The fourth-order valence-corrected chi connectivity index (χ4v) is 3.33. The number of carbonyl (C=O) groups is 1. The number of aromatic nitrogens is 2. The second-order valence-corrected chi connectivity index (χ2v) is 6.08. The van der Waals surface area contributed by atoms with Crippen LogP contribution in [0.2, 0.25) is 0 Å². The summed E-state index contributed by atoms with van der Waals surface area (Å²) in [5.74, 6) is 0.620. The van der Waals surface area contributed by atoms with Crippen LogP contribution in [0.3, 0.4) is 0 Å². The average molecular weight is 305 g/mol. The molecule has 0 aromatic carbocycles. The van der Waals surface area contributed by atoms with Crippen molar-refractivity contribution in [2.24, 2.45) is 5.92 Å². The van der Waals surface area contributed by atoms with Crippen LogP contribution in [0, 0.1) is 5.92 Å². The van der Waals surface area contributed by atoms with E-state index in [-0.39, 0.29) is 5.92 Å². The van der Waals surface area contributed by atoms with E-state index >= 15 is 0 Å². The summed E-state index contributed by atoms with van der Waals surface area (Å²) >= 11 is 0. The summed E-state index contributed by atoms with van der Waals surface area (Å²) in [7, 11) is 0. The Labute approximate surface area is 130 Å². The van der Waals surface area contributed by atoms with E-state index in [1.807, 2.05) is 0 Å². The molecule has 2 saturated heterocycles. The number of nitrogen functional groups attached to an aromatic ring is 1. The number of hydrogen-bond acceptors (Lipinski definition) is 6. The Bertz CT molecular complexity index is 537. The second-order valence-electron chi connectivity index (χ2n) is 6.08. The molecule has 0 spiro atoms. The molecule has 3 heterocycles. The number of piperidine rings is 2. The minimum atomic E-state index is -0.704. The molecule has 7 heteroatoms. The quantitative estimate of drug-likeness (QED) is 0.870. The van der Waals surface area contributed by atoms with Gasteiger partial charge in [0.1, 0.15) is 12.0 Å². The van der Waals surface area contributed by atoms with Crippen LogP contribution in [-0.4, -0.2) is 47.2 Å². The first kappa shape index (κ1) is 14.9. The van der Waals surface area contributed by atoms with Crippen molar-refractivity contribution in [2.45, 2.75) is 32.1 Å². The first-order chi connectivity index (χ1) is 10.7. The third-order valence-electron chi connectivity index (χ3n) is 4.64. The summed E-state index contributed by atoms with van der Waals surface area (Å²) in [5, 5.41) is 9.09. The summed E-state index contributed by atoms with van der Waals surface area (Å²) in [5.41, 5.74) is 6.94. The zero-order chi connectivity index (χ0) is 15.5. The van der Waals surface area contributed by atoms with Crippen LogP contribution in [0.4, 0.5) is 17.3 Å². The van der Waals surface area contributed by atoms with E-state index in [1.54, 1.807) is 6.33 Å². The van der Waals surface area contributed by atoms with Crippen LogP contribution in [-0.2, 0) is 4.79 Å². The van der Waals surface area contributed by atoms with Crippen molar-refractivity contribution in [3.05, 3.63) is 6.33 Å². The smallest absolute Gasteiger partial charge is 0.306 e. The van der Waals surface area contributed by atoms with Gasteiger partial charge in [0, 0.05) is 26.2 Å². The maximum absolute atomic E-state index is 11.0. The maximum Gasteiger partial charge on any atom is 0.306 e. The molecular weight excluding hydrogens is 282 g/mol. The van der Waals surface area contributed by atoms with E-state index in [9.17, 15) is 4.79 Å². The van der Waals surface area contributed by atoms with E-state index in [0.29, 0.717) is 31.6 Å². The monoisotopic (exact) mass is 305 g/mol. The minimum Gasteiger partial charge on any atom is -0.481 e. The number of anilines is 3. The lowest BCUT2D eigenvalue weighted by molar-refractivity contribution is -0.142. The van der Waals surface area contributed by atoms with Crippen LogP contribution >= 0.6 is 0 Å². The fourth-order valence-electron chi connectivity index (χ4n) is 3.33. The number of carboxylic acids is 1. The SMILES string of the molecule is Nc1c(N2CCCCC2)ncnc1N1CCC(C(=O)O)CC1. The largest absolute Gasteiger partial charge is 0.481 e. The lowest BCUT2D eigenvalue weighted by atomic mass is 9.97. The lowest BCUT2D eigenvalue weighted by Crippen LogP contribution is -2.38. The predicted octanol–water partition coefficient (Wildman–Crippen LogP) is 1.35. The summed E-state index contributed by atoms with van der Waals surface area (Å²) in [6, 6.07) is 0. The van der Waals surface area contributed by atoms with Gasteiger partial charge in [-0.1, -0.05) is 0 Å². The van der Waals surface area contributed by atoms with Crippen molar-refractivity contribution < 1.29 is 9.90 Å². The van der Waals surface area contributed by atoms with Crippen LogP contribution in [0.15, 0.2) is 6.33 Å². The van der Waals surface area contributed by atoms with Gasteiger partial charge in [-0.05, 0) is 32.1 Å². The van der Waals surface area contributed by atoms with Gasteiger partial charge in [-0.15, -0.1) is 0 Å². The molecule has 1 aromatic heterocycles. The van der Waals surface area contributed by atoms with Crippen molar-refractivity contribution in [3.8, 4) is 0 Å². The number of aliphatic carboxylic acids is 1. The predicted molar refractivity (Wildman–Crippen MR) is 85.1 cm³/mol. The summed E-state index contributed by atoms with van der Waals surface area (Å²) < 4.78 is 0. The Hall–Kier alpha value is -2.05. The van der Waals surface area contributed by atoms with Crippen LogP contribution in [0.5, 0.6) is 0 Å². The van der Waals surface area contributed by atoms with Gasteiger partial charge < -0.3 is 20.6 Å². The highest BCUT2D eigenvalue weighted by Gasteiger charge is 2.27. The van der Waals surface area contributed by atoms with Crippen molar-refractivity contribution in [1.29, 1.82) is 0 Å². The average Bonchev–Trinajstić information content (AvgIpc) is 2.56. The molecule has 3 rings (SSSR count). The minimum absolute atomic E-state index is 0.249. The second kappa shape index (κ2) is 6.37. The van der Waals surface area contributed by atoms with Gasteiger partial charge in [0.2, 0.25) is 0 Å². The molecule has 3 N–H and O–H groups in total. The van der Waals surface area contributed by atoms with E-state index in [4.69, 9.17) is 10.8 Å². The van der Waals surface area contributed by atoms with Crippen LogP contribution < -0.4 is 15.5 Å². The number of nitrogens with zero attached hydrogens (tertiary/aromatic N) is 4. The zero-order valence-electron chi connectivity index (χ0n) is 12.7. The van der Waals surface area contributed by atoms with Gasteiger partial charge in [-0.2, -0.15) is 0 Å². The molecule has 0 saturated carbocycles. The molecule has 0 atom stereocenters. The Morgan fingerprint density at radius 1 is 1.05 bits per heavy atom. The number of nitrogens with two attached hydrogens (primary N) is 1. The van der Waals surface area contributed by atoms with Gasteiger partial charge in [-0.25, -0.2) is 9.97 Å². The van der Waals surface area contributed by atoms with Crippen LogP contribution in [0.25, 0.3) is 0 Å². The Morgan fingerprint density at radius 3 is 2.14 bits per heavy atom. The van der Waals surface area contributed by atoms with Crippen molar-refractivity contribution >= 4 is 23.3 Å². The van der Waals surface area contributed by atoms with Gasteiger partial charge in [0.05, 0.1) is 5.92 Å². The first-order valence-electron chi connectivity index (χ1n) is 8.00. The van der Waals surface area contributed by atoms with E-state index in [0.717, 1.165) is 24.7 Å². The maximum atomic E-state index is 11.0. The Kier molecular flexibility index (Phi) is 4.31. The van der Waals surface area contributed by atoms with Crippen LogP contribution in [0.1, 0.15) is 32.1 Å². The summed E-state index contributed by atoms with van der Waals surface area (Å²) in [6.45, 7) is 3.33. The number of rotatable bonds is 3. The molecule has 2 aliphatic rings. The third kappa shape index (κ3) is 2.93. The highest BCUT2D eigenvalue weighted by molar-refractivity contribution is 5.76. The van der Waals surface area contributed by atoms with E-state index in [2.05, 4.69) is 19.8 Å². The molecule has 0 bridgehead atoms. The fraction of sp³-hybridized carbons (Fsp3) is 0.667. The Morgan fingerprint density at radius 2 is 1.59 bits per heavy atom. The van der Waals surface area contributed by atoms with Crippen molar-refractivity contribution in [1.82, 2.24) is 9.97 Å². The highest BCUT2D eigenvalue weighted by atomic mass is 16.4. The normalized spacial score (nSPS) is 20.2. The van der Waals surface area contributed by atoms with Gasteiger partial charge in [0.25, 0.3) is 0 Å². The standard InChI is InChI=1S/C15H23N5O2/c16-12-13(19-6-2-1-3-7-19)17-10-18-14(12)20-8-4-11(5-9-20)15(21)22/h10-11H,1-9,16H2,(H,21,22). The number of carboxylic acid groups (broad SMARTS) is 1. The van der Waals surface area contributed by atoms with E-state index < -0.39 is 5.97 Å². The molecule has 2 aliphatic heterocycles. The van der Waals surface area contributed by atoms with Gasteiger partial charge in [0.15, 0.2) is 11.6 Å². The molecule has 0 radical (unpaired) electrons. The highest BCUT2D eigenvalue weighted by Crippen LogP contribution is 2.32. The first-order valence-corrected chi connectivity index (χ1v) is 8.00. The van der Waals surface area contributed by atoms with Crippen molar-refractivity contribution in [3.63, 3.8) is 0 Å². The van der Waals surface area contributed by atoms with Gasteiger partial charge >= 0.3 is 5.97 Å². The molecule has 0 unspecified atom stereocenters. The molecule has 0 amide bonds. The van der Waals surface area contributed by atoms with Gasteiger partial charge in [-0.3, -0.25) is 4.79 Å². The van der Waals surface area contributed by atoms with E-state index in [1.165, 1.54) is 19.3 Å². The molecule has 0 aliphatic carbocycles. The zero-order valence-corrected chi connectivity index (χ0v) is 12.7. The Balaban J connectivity index is 1.76. The van der Waals surface area contributed by atoms with Crippen molar-refractivity contribution in [2.75, 3.05) is 41.7 Å². The molecule has 7 nitrogen and oxygen atoms in total. The summed E-state index contributed by atoms with van der Waals surface area (Å²) in [4.78, 5) is 24.1.